The largest absolute Gasteiger partial charge is 0.378 e. The smallest absolute Gasteiger partial charge is 0.0924 e. The van der Waals surface area contributed by atoms with Gasteiger partial charge in [0.1, 0.15) is 0 Å². The van der Waals surface area contributed by atoms with Crippen molar-refractivity contribution in [3.8, 4) is 11.3 Å². The highest BCUT2D eigenvalue weighted by molar-refractivity contribution is 7.10. The van der Waals surface area contributed by atoms with Crippen molar-refractivity contribution in [1.29, 1.82) is 0 Å². The molecule has 2 aromatic heterocycles. The SMILES string of the molecule is CC(Nc1ccc(-c2cnc[nH]2)cc1)c1cccs1. The van der Waals surface area contributed by atoms with Crippen LogP contribution in [0.4, 0.5) is 5.69 Å². The lowest BCUT2D eigenvalue weighted by atomic mass is 10.1. The molecule has 2 N–H and O–H groups in total. The van der Waals surface area contributed by atoms with Crippen LogP contribution in [0, 0.1) is 0 Å². The molecule has 0 spiro atoms. The van der Waals surface area contributed by atoms with E-state index in [0.717, 1.165) is 16.9 Å². The molecule has 0 bridgehead atoms. The van der Waals surface area contributed by atoms with Crippen LogP contribution < -0.4 is 5.32 Å². The summed E-state index contributed by atoms with van der Waals surface area (Å²) in [6.45, 7) is 2.18. The van der Waals surface area contributed by atoms with E-state index in [1.165, 1.54) is 4.88 Å². The molecule has 0 saturated heterocycles. The minimum Gasteiger partial charge on any atom is -0.378 e. The minimum absolute atomic E-state index is 0.331. The van der Waals surface area contributed by atoms with E-state index in [1.807, 2.05) is 6.20 Å². The predicted octanol–water partition coefficient (Wildman–Crippen LogP) is 4.31. The molecule has 3 rings (SSSR count). The zero-order valence-corrected chi connectivity index (χ0v) is 11.4. The van der Waals surface area contributed by atoms with Gasteiger partial charge in [-0.05, 0) is 36.1 Å². The van der Waals surface area contributed by atoms with E-state index in [9.17, 15) is 0 Å². The van der Waals surface area contributed by atoms with Gasteiger partial charge in [0.15, 0.2) is 0 Å². The molecule has 0 aliphatic rings. The number of H-pyrrole nitrogens is 1. The van der Waals surface area contributed by atoms with Crippen LogP contribution in [0.5, 0.6) is 0 Å². The van der Waals surface area contributed by atoms with Crippen molar-refractivity contribution >= 4 is 17.0 Å². The maximum atomic E-state index is 4.03. The number of hydrogen-bond donors (Lipinski definition) is 2. The predicted molar refractivity (Wildman–Crippen MR) is 80.4 cm³/mol. The number of aromatic nitrogens is 2. The van der Waals surface area contributed by atoms with Gasteiger partial charge in [-0.2, -0.15) is 0 Å². The van der Waals surface area contributed by atoms with Crippen LogP contribution in [0.15, 0.2) is 54.3 Å². The first-order chi connectivity index (χ1) is 9.33. The molecule has 0 aliphatic heterocycles. The summed E-state index contributed by atoms with van der Waals surface area (Å²) >= 11 is 1.78. The van der Waals surface area contributed by atoms with Crippen LogP contribution in [0.1, 0.15) is 17.8 Å². The Kier molecular flexibility index (Phi) is 3.33. The average molecular weight is 269 g/mol. The Morgan fingerprint density at radius 2 is 2.05 bits per heavy atom. The summed E-state index contributed by atoms with van der Waals surface area (Å²) in [6, 6.07) is 13.0. The molecular weight excluding hydrogens is 254 g/mol. The Balaban J connectivity index is 1.73. The van der Waals surface area contributed by atoms with Crippen molar-refractivity contribution in [2.75, 3.05) is 5.32 Å². The monoisotopic (exact) mass is 269 g/mol. The van der Waals surface area contributed by atoms with E-state index in [-0.39, 0.29) is 0 Å². The second-order valence-corrected chi connectivity index (χ2v) is 5.40. The molecule has 0 amide bonds. The maximum absolute atomic E-state index is 4.03. The van der Waals surface area contributed by atoms with Crippen molar-refractivity contribution in [3.05, 3.63) is 59.2 Å². The fourth-order valence-corrected chi connectivity index (χ4v) is 2.75. The fraction of sp³-hybridized carbons (Fsp3) is 0.133. The molecule has 19 heavy (non-hydrogen) atoms. The fourth-order valence-electron chi connectivity index (χ4n) is 2.02. The molecule has 1 unspecified atom stereocenters. The van der Waals surface area contributed by atoms with Gasteiger partial charge >= 0.3 is 0 Å². The van der Waals surface area contributed by atoms with E-state index in [2.05, 4.69) is 64.0 Å². The number of thiophene rings is 1. The second kappa shape index (κ2) is 5.28. The Morgan fingerprint density at radius 1 is 1.21 bits per heavy atom. The Labute approximate surface area is 116 Å². The number of nitrogens with one attached hydrogen (secondary N) is 2. The van der Waals surface area contributed by atoms with Gasteiger partial charge in [0.05, 0.1) is 24.3 Å². The summed E-state index contributed by atoms with van der Waals surface area (Å²) in [7, 11) is 0. The van der Waals surface area contributed by atoms with Gasteiger partial charge in [-0.1, -0.05) is 18.2 Å². The van der Waals surface area contributed by atoms with Gasteiger partial charge < -0.3 is 10.3 Å². The van der Waals surface area contributed by atoms with Gasteiger partial charge in [0.25, 0.3) is 0 Å². The lowest BCUT2D eigenvalue weighted by Gasteiger charge is -2.13. The molecule has 96 valence electrons. The van der Waals surface area contributed by atoms with Crippen LogP contribution >= 0.6 is 11.3 Å². The second-order valence-electron chi connectivity index (χ2n) is 4.42. The van der Waals surface area contributed by atoms with Gasteiger partial charge in [0, 0.05) is 10.6 Å². The molecule has 3 aromatic rings. The van der Waals surface area contributed by atoms with Crippen LogP contribution in [0.2, 0.25) is 0 Å². The molecule has 0 radical (unpaired) electrons. The summed E-state index contributed by atoms with van der Waals surface area (Å²) < 4.78 is 0. The molecule has 3 nitrogen and oxygen atoms in total. The first-order valence-corrected chi connectivity index (χ1v) is 7.09. The van der Waals surface area contributed by atoms with Gasteiger partial charge in [-0.3, -0.25) is 0 Å². The quantitative estimate of drug-likeness (QED) is 0.741. The topological polar surface area (TPSA) is 40.7 Å². The van der Waals surface area contributed by atoms with Crippen LogP contribution in [-0.2, 0) is 0 Å². The number of benzene rings is 1. The summed E-state index contributed by atoms with van der Waals surface area (Å²) in [4.78, 5) is 8.48. The first kappa shape index (κ1) is 12.0. The number of hydrogen-bond acceptors (Lipinski definition) is 3. The summed E-state index contributed by atoms with van der Waals surface area (Å²) in [5.41, 5.74) is 3.31. The maximum Gasteiger partial charge on any atom is 0.0924 e. The number of aromatic amines is 1. The average Bonchev–Trinajstić information content (AvgIpc) is 3.13. The Hall–Kier alpha value is -2.07. The number of nitrogens with zero attached hydrogens (tertiary/aromatic N) is 1. The van der Waals surface area contributed by atoms with E-state index < -0.39 is 0 Å². The van der Waals surface area contributed by atoms with Gasteiger partial charge in [-0.25, -0.2) is 4.98 Å². The Morgan fingerprint density at radius 3 is 2.68 bits per heavy atom. The van der Waals surface area contributed by atoms with Crippen molar-refractivity contribution in [1.82, 2.24) is 9.97 Å². The zero-order chi connectivity index (χ0) is 13.1. The van der Waals surface area contributed by atoms with E-state index in [1.54, 1.807) is 17.7 Å². The molecule has 1 aromatic carbocycles. The lowest BCUT2D eigenvalue weighted by Crippen LogP contribution is -2.04. The first-order valence-electron chi connectivity index (χ1n) is 6.21. The van der Waals surface area contributed by atoms with Gasteiger partial charge in [0.2, 0.25) is 0 Å². The third-order valence-corrected chi connectivity index (χ3v) is 4.10. The molecular formula is C15H15N3S. The summed E-state index contributed by atoms with van der Waals surface area (Å²) in [5.74, 6) is 0. The zero-order valence-electron chi connectivity index (χ0n) is 10.6. The molecule has 4 heteroatoms. The summed E-state index contributed by atoms with van der Waals surface area (Å²) in [6.07, 6.45) is 3.52. The van der Waals surface area contributed by atoms with E-state index in [4.69, 9.17) is 0 Å². The standard InChI is InChI=1S/C15H15N3S/c1-11(15-3-2-8-19-15)18-13-6-4-12(5-7-13)14-9-16-10-17-14/h2-11,18H,1H3,(H,16,17). The summed E-state index contributed by atoms with van der Waals surface area (Å²) in [5, 5.41) is 5.61. The van der Waals surface area contributed by atoms with Crippen molar-refractivity contribution in [2.45, 2.75) is 13.0 Å². The van der Waals surface area contributed by atoms with Crippen LogP contribution in [0.3, 0.4) is 0 Å². The van der Waals surface area contributed by atoms with Crippen molar-refractivity contribution in [2.24, 2.45) is 0 Å². The minimum atomic E-state index is 0.331. The highest BCUT2D eigenvalue weighted by atomic mass is 32.1. The number of rotatable bonds is 4. The molecule has 0 fully saturated rings. The van der Waals surface area contributed by atoms with E-state index >= 15 is 0 Å². The highest BCUT2D eigenvalue weighted by Crippen LogP contribution is 2.24. The highest BCUT2D eigenvalue weighted by Gasteiger charge is 2.06. The molecule has 2 heterocycles. The number of anilines is 1. The normalized spacial score (nSPS) is 12.3. The molecule has 1 atom stereocenters. The molecule has 0 saturated carbocycles. The molecule has 0 aliphatic carbocycles. The van der Waals surface area contributed by atoms with Gasteiger partial charge in [-0.15, -0.1) is 11.3 Å². The van der Waals surface area contributed by atoms with Crippen LogP contribution in [0.25, 0.3) is 11.3 Å². The van der Waals surface area contributed by atoms with E-state index in [0.29, 0.717) is 6.04 Å². The third kappa shape index (κ3) is 2.69. The van der Waals surface area contributed by atoms with Crippen molar-refractivity contribution < 1.29 is 0 Å². The number of imidazole rings is 1. The third-order valence-electron chi connectivity index (χ3n) is 3.05. The van der Waals surface area contributed by atoms with Crippen molar-refractivity contribution in [3.63, 3.8) is 0 Å². The Bertz CT molecular complexity index is 612. The van der Waals surface area contributed by atoms with Crippen LogP contribution in [-0.4, -0.2) is 9.97 Å². The lowest BCUT2D eigenvalue weighted by molar-refractivity contribution is 0.908.